The summed E-state index contributed by atoms with van der Waals surface area (Å²) in [5.41, 5.74) is 0. The van der Waals surface area contributed by atoms with Crippen molar-refractivity contribution < 1.29 is 13.6 Å². The molecule has 1 atom stereocenters. The summed E-state index contributed by atoms with van der Waals surface area (Å²) < 4.78 is 21.2. The van der Waals surface area contributed by atoms with Gasteiger partial charge in [0.1, 0.15) is 13.2 Å². The molecular formula is C32H66O3P+. The Hall–Kier alpha value is 0.0200. The van der Waals surface area contributed by atoms with Crippen molar-refractivity contribution in [3.63, 3.8) is 0 Å². The Kier molecular flexibility index (Phi) is 33.1. The summed E-state index contributed by atoms with van der Waals surface area (Å²) >= 11 is 0. The van der Waals surface area contributed by atoms with E-state index in [1.807, 2.05) is 6.92 Å². The minimum atomic E-state index is -1.88. The van der Waals surface area contributed by atoms with Crippen LogP contribution >= 0.6 is 8.25 Å². The molecule has 0 aliphatic heterocycles. The highest BCUT2D eigenvalue weighted by Gasteiger charge is 2.17. The van der Waals surface area contributed by atoms with Crippen LogP contribution < -0.4 is 0 Å². The van der Waals surface area contributed by atoms with Crippen molar-refractivity contribution in [2.24, 2.45) is 0 Å². The van der Waals surface area contributed by atoms with Gasteiger partial charge in [-0.1, -0.05) is 180 Å². The molecule has 0 fully saturated rings. The van der Waals surface area contributed by atoms with Crippen molar-refractivity contribution in [1.82, 2.24) is 0 Å². The van der Waals surface area contributed by atoms with E-state index in [2.05, 4.69) is 6.92 Å². The van der Waals surface area contributed by atoms with Crippen molar-refractivity contribution in [2.75, 3.05) is 13.2 Å². The van der Waals surface area contributed by atoms with Crippen molar-refractivity contribution in [3.8, 4) is 0 Å². The first-order valence-electron chi connectivity index (χ1n) is 16.5. The lowest BCUT2D eigenvalue weighted by Crippen LogP contribution is -1.89. The van der Waals surface area contributed by atoms with Gasteiger partial charge in [0.2, 0.25) is 0 Å². The molecule has 0 aromatic carbocycles. The second kappa shape index (κ2) is 33.0. The number of rotatable bonds is 32. The minimum Gasteiger partial charge on any atom is -0.119 e. The van der Waals surface area contributed by atoms with Crippen LogP contribution in [0.4, 0.5) is 0 Å². The van der Waals surface area contributed by atoms with Crippen LogP contribution in [0.1, 0.15) is 194 Å². The van der Waals surface area contributed by atoms with Crippen LogP contribution in [-0.4, -0.2) is 13.2 Å². The summed E-state index contributed by atoms with van der Waals surface area (Å²) in [5.74, 6) is 0. The van der Waals surface area contributed by atoms with Crippen molar-refractivity contribution in [3.05, 3.63) is 0 Å². The second-order valence-corrected chi connectivity index (χ2v) is 12.0. The van der Waals surface area contributed by atoms with Crippen LogP contribution in [0.2, 0.25) is 0 Å². The summed E-state index contributed by atoms with van der Waals surface area (Å²) in [5, 5.41) is 0. The van der Waals surface area contributed by atoms with Gasteiger partial charge in [-0.05, 0) is 13.3 Å². The fraction of sp³-hybridized carbons (Fsp3) is 1.00. The van der Waals surface area contributed by atoms with E-state index >= 15 is 0 Å². The lowest BCUT2D eigenvalue weighted by molar-refractivity contribution is 0.229. The highest BCUT2D eigenvalue weighted by molar-refractivity contribution is 7.33. The zero-order chi connectivity index (χ0) is 26.2. The molecule has 216 valence electrons. The molecule has 0 spiro atoms. The molecule has 0 aromatic rings. The summed E-state index contributed by atoms with van der Waals surface area (Å²) in [6.45, 7) is 5.15. The number of hydrogen-bond acceptors (Lipinski definition) is 3. The van der Waals surface area contributed by atoms with Crippen molar-refractivity contribution in [2.45, 2.75) is 194 Å². The topological polar surface area (TPSA) is 35.5 Å². The predicted octanol–water partition coefficient (Wildman–Crippen LogP) is 12.6. The average molecular weight is 530 g/mol. The summed E-state index contributed by atoms with van der Waals surface area (Å²) in [6.07, 6.45) is 39.6. The Bertz CT molecular complexity index is 416. The summed E-state index contributed by atoms with van der Waals surface area (Å²) in [6, 6.07) is 0. The second-order valence-electron chi connectivity index (χ2n) is 11.0. The molecule has 0 amide bonds. The van der Waals surface area contributed by atoms with E-state index in [1.54, 1.807) is 0 Å². The first-order valence-corrected chi connectivity index (χ1v) is 17.6. The molecule has 4 heteroatoms. The van der Waals surface area contributed by atoms with Gasteiger partial charge in [0, 0.05) is 4.57 Å². The zero-order valence-electron chi connectivity index (χ0n) is 24.9. The Labute approximate surface area is 228 Å². The lowest BCUT2D eigenvalue weighted by atomic mass is 10.0. The average Bonchev–Trinajstić information content (AvgIpc) is 2.88. The first kappa shape index (κ1) is 36.0. The molecule has 0 heterocycles. The zero-order valence-corrected chi connectivity index (χ0v) is 25.8. The van der Waals surface area contributed by atoms with E-state index < -0.39 is 8.25 Å². The van der Waals surface area contributed by atoms with Gasteiger partial charge in [0.15, 0.2) is 0 Å². The number of hydrogen-bond donors (Lipinski definition) is 0. The Morgan fingerprint density at radius 2 is 0.611 bits per heavy atom. The quantitative estimate of drug-likeness (QED) is 0.0642. The van der Waals surface area contributed by atoms with Gasteiger partial charge in [-0.3, -0.25) is 0 Å². The molecule has 0 rings (SSSR count). The van der Waals surface area contributed by atoms with Crippen LogP contribution in [0.25, 0.3) is 0 Å². The van der Waals surface area contributed by atoms with Gasteiger partial charge in [0.05, 0.1) is 0 Å². The SMILES string of the molecule is CCCCCCCCCCCCCCCCCCCCCCCCCCCCCCO[P+](=O)OCC. The summed E-state index contributed by atoms with van der Waals surface area (Å²) in [4.78, 5) is 0. The normalized spacial score (nSPS) is 11.9. The monoisotopic (exact) mass is 529 g/mol. The van der Waals surface area contributed by atoms with Crippen LogP contribution in [0.5, 0.6) is 0 Å². The van der Waals surface area contributed by atoms with Crippen LogP contribution in [0.15, 0.2) is 0 Å². The van der Waals surface area contributed by atoms with Crippen LogP contribution in [-0.2, 0) is 13.6 Å². The third-order valence-electron chi connectivity index (χ3n) is 7.43. The van der Waals surface area contributed by atoms with Gasteiger partial charge in [-0.15, -0.1) is 9.05 Å². The van der Waals surface area contributed by atoms with E-state index in [-0.39, 0.29) is 0 Å². The van der Waals surface area contributed by atoms with E-state index in [0.29, 0.717) is 13.2 Å². The van der Waals surface area contributed by atoms with Gasteiger partial charge in [0.25, 0.3) is 0 Å². The molecule has 0 saturated heterocycles. The molecule has 0 saturated carbocycles. The van der Waals surface area contributed by atoms with E-state index in [4.69, 9.17) is 9.05 Å². The van der Waals surface area contributed by atoms with Gasteiger partial charge in [-0.25, -0.2) is 0 Å². The first-order chi connectivity index (χ1) is 17.8. The van der Waals surface area contributed by atoms with E-state index in [9.17, 15) is 4.57 Å². The third kappa shape index (κ3) is 32.0. The Morgan fingerprint density at radius 1 is 0.361 bits per heavy atom. The van der Waals surface area contributed by atoms with E-state index in [0.717, 1.165) is 6.42 Å². The Morgan fingerprint density at radius 3 is 0.861 bits per heavy atom. The number of unbranched alkanes of at least 4 members (excludes halogenated alkanes) is 27. The van der Waals surface area contributed by atoms with Gasteiger partial charge in [-0.2, -0.15) is 0 Å². The van der Waals surface area contributed by atoms with Gasteiger partial charge < -0.3 is 0 Å². The standard InChI is InChI=1S/C32H66O3P/c1-3-5-6-7-8-9-10-11-12-13-14-15-16-17-18-19-20-21-22-23-24-25-26-27-28-29-30-31-32-35-36(33)34-4-2/h3-32H2,1-2H3/q+1. The van der Waals surface area contributed by atoms with Gasteiger partial charge >= 0.3 is 8.25 Å². The highest BCUT2D eigenvalue weighted by atomic mass is 31.1. The largest absolute Gasteiger partial charge is 0.697 e. The molecule has 0 aromatic heterocycles. The maximum Gasteiger partial charge on any atom is 0.697 e. The highest BCUT2D eigenvalue weighted by Crippen LogP contribution is 2.23. The van der Waals surface area contributed by atoms with Crippen molar-refractivity contribution in [1.29, 1.82) is 0 Å². The molecule has 36 heavy (non-hydrogen) atoms. The molecule has 3 nitrogen and oxygen atoms in total. The Balaban J connectivity index is 3.04. The minimum absolute atomic E-state index is 0.453. The predicted molar refractivity (Wildman–Crippen MR) is 160 cm³/mol. The van der Waals surface area contributed by atoms with Crippen LogP contribution in [0.3, 0.4) is 0 Å². The molecule has 0 aliphatic carbocycles. The molecular weight excluding hydrogens is 463 g/mol. The molecule has 0 bridgehead atoms. The third-order valence-corrected chi connectivity index (χ3v) is 8.29. The molecule has 1 unspecified atom stereocenters. The van der Waals surface area contributed by atoms with Crippen LogP contribution in [0, 0.1) is 0 Å². The molecule has 0 aliphatic rings. The van der Waals surface area contributed by atoms with Crippen molar-refractivity contribution >= 4 is 8.25 Å². The molecule has 0 radical (unpaired) electrons. The summed E-state index contributed by atoms with van der Waals surface area (Å²) in [7, 11) is -1.88. The maximum absolute atomic E-state index is 11.2. The van der Waals surface area contributed by atoms with E-state index in [1.165, 1.54) is 173 Å². The maximum atomic E-state index is 11.2. The fourth-order valence-electron chi connectivity index (χ4n) is 5.05. The fourth-order valence-corrected chi connectivity index (χ4v) is 5.62. The lowest BCUT2D eigenvalue weighted by Gasteiger charge is -2.04. The smallest absolute Gasteiger partial charge is 0.119 e. The molecule has 0 N–H and O–H groups in total.